The lowest BCUT2D eigenvalue weighted by molar-refractivity contribution is 0.308. The number of methoxy groups -OCH3 is 1. The van der Waals surface area contributed by atoms with Crippen molar-refractivity contribution in [3.8, 4) is 11.5 Å². The average Bonchev–Trinajstić information content (AvgIpc) is 2.76. The molecule has 28 heavy (non-hydrogen) atoms. The second-order valence-electron chi connectivity index (χ2n) is 6.36. The molecular formula is C25H25NO2. The monoisotopic (exact) mass is 371 g/mol. The minimum Gasteiger partial charge on any atom is -0.497 e. The Balaban J connectivity index is 2.13. The van der Waals surface area contributed by atoms with E-state index >= 15 is 0 Å². The topological polar surface area (TPSA) is 30.8 Å². The van der Waals surface area contributed by atoms with Crippen LogP contribution in [0.1, 0.15) is 30.9 Å². The molecule has 142 valence electrons. The fourth-order valence-corrected chi connectivity index (χ4v) is 2.79. The second kappa shape index (κ2) is 10.1. The van der Waals surface area contributed by atoms with Crippen LogP contribution in [-0.2, 0) is 0 Å². The summed E-state index contributed by atoms with van der Waals surface area (Å²) in [7, 11) is 1.67. The number of unbranched alkanes of at least 4 members (excludes halogenated alkanes) is 1. The van der Waals surface area contributed by atoms with Gasteiger partial charge in [0.05, 0.1) is 25.0 Å². The predicted octanol–water partition coefficient (Wildman–Crippen LogP) is 6.31. The normalized spacial score (nSPS) is 10.1. The van der Waals surface area contributed by atoms with E-state index in [1.165, 1.54) is 0 Å². The molecule has 0 unspecified atom stereocenters. The Morgan fingerprint density at radius 2 is 1.64 bits per heavy atom. The summed E-state index contributed by atoms with van der Waals surface area (Å²) in [6.45, 7) is 2.83. The van der Waals surface area contributed by atoms with Crippen LogP contribution >= 0.6 is 0 Å². The molecule has 0 aromatic heterocycles. The SMILES string of the molecule is CCCCOc1ccc(OC)cc1C(=C=Nc1ccccc1)c1ccccc1. The first kappa shape index (κ1) is 19.5. The molecule has 0 fully saturated rings. The number of ether oxygens (including phenoxy) is 2. The summed E-state index contributed by atoms with van der Waals surface area (Å²) in [5.41, 5.74) is 3.67. The zero-order chi connectivity index (χ0) is 19.6. The van der Waals surface area contributed by atoms with Gasteiger partial charge in [-0.1, -0.05) is 61.9 Å². The zero-order valence-electron chi connectivity index (χ0n) is 16.4. The third-order valence-corrected chi connectivity index (χ3v) is 4.33. The standard InChI is InChI=1S/C25H25NO2/c1-3-4-17-28-25-16-15-22(27-2)18-23(25)24(20-11-7-5-8-12-20)19-26-21-13-9-6-10-14-21/h5-16,18H,3-4,17H2,1-2H3. The smallest absolute Gasteiger partial charge is 0.128 e. The molecule has 0 aliphatic carbocycles. The summed E-state index contributed by atoms with van der Waals surface area (Å²) < 4.78 is 11.5. The van der Waals surface area contributed by atoms with Crippen LogP contribution in [0.4, 0.5) is 5.69 Å². The number of nitrogens with zero attached hydrogens (tertiary/aromatic N) is 1. The van der Waals surface area contributed by atoms with Crippen molar-refractivity contribution in [3.05, 3.63) is 90.0 Å². The lowest BCUT2D eigenvalue weighted by Gasteiger charge is -2.14. The molecule has 3 nitrogen and oxygen atoms in total. The minimum absolute atomic E-state index is 0.674. The van der Waals surface area contributed by atoms with Crippen LogP contribution < -0.4 is 9.47 Å². The second-order valence-corrected chi connectivity index (χ2v) is 6.36. The van der Waals surface area contributed by atoms with Crippen LogP contribution in [0.25, 0.3) is 5.57 Å². The Bertz CT molecular complexity index is 943. The van der Waals surface area contributed by atoms with Crippen molar-refractivity contribution in [1.82, 2.24) is 0 Å². The van der Waals surface area contributed by atoms with Crippen LogP contribution in [0, 0.1) is 0 Å². The largest absolute Gasteiger partial charge is 0.497 e. The summed E-state index contributed by atoms with van der Waals surface area (Å²) in [5, 5.41) is 0. The van der Waals surface area contributed by atoms with E-state index in [0.29, 0.717) is 6.61 Å². The maximum Gasteiger partial charge on any atom is 0.128 e. The number of aliphatic imine (C=N–C) groups is 1. The molecule has 0 bridgehead atoms. The summed E-state index contributed by atoms with van der Waals surface area (Å²) in [4.78, 5) is 4.57. The molecule has 3 aromatic carbocycles. The van der Waals surface area contributed by atoms with E-state index in [1.807, 2.05) is 66.7 Å². The first-order valence-electron chi connectivity index (χ1n) is 9.57. The summed E-state index contributed by atoms with van der Waals surface area (Å²) in [6.07, 6.45) is 2.09. The van der Waals surface area contributed by atoms with Crippen molar-refractivity contribution in [3.63, 3.8) is 0 Å². The van der Waals surface area contributed by atoms with Crippen molar-refractivity contribution >= 4 is 17.1 Å². The van der Waals surface area contributed by atoms with Crippen molar-refractivity contribution in [2.75, 3.05) is 13.7 Å². The molecule has 0 spiro atoms. The maximum absolute atomic E-state index is 6.07. The number of rotatable bonds is 8. The molecule has 0 amide bonds. The van der Waals surface area contributed by atoms with Gasteiger partial charge in [-0.25, -0.2) is 4.99 Å². The molecule has 3 aromatic rings. The van der Waals surface area contributed by atoms with E-state index in [9.17, 15) is 0 Å². The molecule has 0 N–H and O–H groups in total. The molecule has 0 atom stereocenters. The lowest BCUT2D eigenvalue weighted by Crippen LogP contribution is -2.01. The number of hydrogen-bond acceptors (Lipinski definition) is 3. The van der Waals surface area contributed by atoms with Gasteiger partial charge in [-0.2, -0.15) is 0 Å². The van der Waals surface area contributed by atoms with Gasteiger partial charge in [0, 0.05) is 5.56 Å². The molecule has 0 saturated carbocycles. The fourth-order valence-electron chi connectivity index (χ4n) is 2.79. The van der Waals surface area contributed by atoms with E-state index in [1.54, 1.807) is 7.11 Å². The van der Waals surface area contributed by atoms with E-state index in [2.05, 4.69) is 29.9 Å². The van der Waals surface area contributed by atoms with Gasteiger partial charge in [0.25, 0.3) is 0 Å². The van der Waals surface area contributed by atoms with Gasteiger partial charge in [0.2, 0.25) is 0 Å². The molecule has 0 radical (unpaired) electrons. The zero-order valence-corrected chi connectivity index (χ0v) is 16.4. The summed E-state index contributed by atoms with van der Waals surface area (Å²) in [6, 6.07) is 25.8. The fraction of sp³-hybridized carbons (Fsp3) is 0.200. The highest BCUT2D eigenvalue weighted by Crippen LogP contribution is 2.33. The first-order chi connectivity index (χ1) is 13.8. The Morgan fingerprint density at radius 1 is 0.929 bits per heavy atom. The van der Waals surface area contributed by atoms with E-state index < -0.39 is 0 Å². The molecule has 3 heteroatoms. The number of hydrogen-bond donors (Lipinski definition) is 0. The van der Waals surface area contributed by atoms with Crippen LogP contribution in [0.5, 0.6) is 11.5 Å². The van der Waals surface area contributed by atoms with E-state index in [0.717, 1.165) is 46.7 Å². The van der Waals surface area contributed by atoms with Gasteiger partial charge in [-0.15, -0.1) is 0 Å². The van der Waals surface area contributed by atoms with Crippen LogP contribution in [0.3, 0.4) is 0 Å². The Morgan fingerprint density at radius 3 is 2.32 bits per heavy atom. The Kier molecular flexibility index (Phi) is 7.06. The van der Waals surface area contributed by atoms with Crippen molar-refractivity contribution in [2.24, 2.45) is 4.99 Å². The predicted molar refractivity (Wildman–Crippen MR) is 116 cm³/mol. The lowest BCUT2D eigenvalue weighted by atomic mass is 9.98. The van der Waals surface area contributed by atoms with E-state index in [4.69, 9.17) is 9.47 Å². The Labute approximate surface area is 167 Å². The van der Waals surface area contributed by atoms with Gasteiger partial charge < -0.3 is 9.47 Å². The first-order valence-corrected chi connectivity index (χ1v) is 9.57. The van der Waals surface area contributed by atoms with Gasteiger partial charge in [0.15, 0.2) is 0 Å². The van der Waals surface area contributed by atoms with Gasteiger partial charge in [-0.3, -0.25) is 0 Å². The van der Waals surface area contributed by atoms with Gasteiger partial charge >= 0.3 is 0 Å². The maximum atomic E-state index is 6.07. The number of benzene rings is 3. The van der Waals surface area contributed by atoms with Crippen molar-refractivity contribution in [2.45, 2.75) is 19.8 Å². The summed E-state index contributed by atoms with van der Waals surface area (Å²) in [5.74, 6) is 4.84. The summed E-state index contributed by atoms with van der Waals surface area (Å²) >= 11 is 0. The van der Waals surface area contributed by atoms with Gasteiger partial charge in [-0.05, 0) is 48.2 Å². The van der Waals surface area contributed by atoms with Crippen molar-refractivity contribution < 1.29 is 9.47 Å². The molecule has 0 saturated heterocycles. The third kappa shape index (κ3) is 5.12. The quantitative estimate of drug-likeness (QED) is 0.343. The van der Waals surface area contributed by atoms with Crippen molar-refractivity contribution in [1.29, 1.82) is 0 Å². The van der Waals surface area contributed by atoms with E-state index in [-0.39, 0.29) is 0 Å². The van der Waals surface area contributed by atoms with Crippen LogP contribution in [0.15, 0.2) is 83.9 Å². The van der Waals surface area contributed by atoms with Gasteiger partial charge in [0.1, 0.15) is 11.5 Å². The van der Waals surface area contributed by atoms with Crippen LogP contribution in [-0.4, -0.2) is 19.6 Å². The molecule has 0 aliphatic rings. The highest BCUT2D eigenvalue weighted by molar-refractivity contribution is 6.01. The average molecular weight is 371 g/mol. The molecule has 3 rings (SSSR count). The number of para-hydroxylation sites is 1. The molecule has 0 aliphatic heterocycles. The minimum atomic E-state index is 0.674. The highest BCUT2D eigenvalue weighted by atomic mass is 16.5. The molecular weight excluding hydrogens is 346 g/mol. The van der Waals surface area contributed by atoms with Crippen LogP contribution in [0.2, 0.25) is 0 Å². The highest BCUT2D eigenvalue weighted by Gasteiger charge is 2.13. The Hall–Kier alpha value is -3.29. The molecule has 0 heterocycles. The third-order valence-electron chi connectivity index (χ3n) is 4.33.